The van der Waals surface area contributed by atoms with Crippen LogP contribution in [0, 0.1) is 5.92 Å². The van der Waals surface area contributed by atoms with Crippen molar-refractivity contribution in [2.75, 3.05) is 0 Å². The Morgan fingerprint density at radius 2 is 1.90 bits per heavy atom. The van der Waals surface area contributed by atoms with E-state index < -0.39 is 0 Å². The predicted molar refractivity (Wildman–Crippen MR) is 79.1 cm³/mol. The van der Waals surface area contributed by atoms with Gasteiger partial charge in [0.1, 0.15) is 0 Å². The zero-order valence-corrected chi connectivity index (χ0v) is 11.6. The quantitative estimate of drug-likeness (QED) is 0.708. The fourth-order valence-electron chi connectivity index (χ4n) is 3.99. The Balaban J connectivity index is 2.05. The first kappa shape index (κ1) is 11.8. The number of phenolic OH excluding ortho intramolecular Hbond substituents is 2. The van der Waals surface area contributed by atoms with Gasteiger partial charge >= 0.3 is 0 Å². The van der Waals surface area contributed by atoms with Gasteiger partial charge in [-0.05, 0) is 59.4 Å². The maximum absolute atomic E-state index is 10.3. The van der Waals surface area contributed by atoms with Gasteiger partial charge in [-0.15, -0.1) is 0 Å². The molecular weight excluding hydrogens is 248 g/mol. The van der Waals surface area contributed by atoms with Crippen LogP contribution in [0.5, 0.6) is 11.5 Å². The number of hydrogen-bond acceptors (Lipinski definition) is 2. The summed E-state index contributed by atoms with van der Waals surface area (Å²) >= 11 is 0. The second-order valence-corrected chi connectivity index (χ2v) is 6.17. The largest absolute Gasteiger partial charge is 0.504 e. The van der Waals surface area contributed by atoms with Gasteiger partial charge in [0.15, 0.2) is 11.5 Å². The first-order chi connectivity index (χ1) is 9.66. The maximum Gasteiger partial charge on any atom is 0.165 e. The van der Waals surface area contributed by atoms with E-state index in [9.17, 15) is 10.2 Å². The van der Waals surface area contributed by atoms with E-state index in [-0.39, 0.29) is 11.5 Å². The van der Waals surface area contributed by atoms with Gasteiger partial charge in [-0.1, -0.05) is 31.2 Å². The molecule has 2 aromatic rings. The van der Waals surface area contributed by atoms with Crippen molar-refractivity contribution >= 4 is 0 Å². The van der Waals surface area contributed by atoms with Crippen molar-refractivity contribution in [1.29, 1.82) is 0 Å². The van der Waals surface area contributed by atoms with E-state index in [1.807, 2.05) is 6.07 Å². The second-order valence-electron chi connectivity index (χ2n) is 6.17. The molecule has 2 nitrogen and oxygen atoms in total. The van der Waals surface area contributed by atoms with Gasteiger partial charge in [-0.2, -0.15) is 0 Å². The van der Waals surface area contributed by atoms with Gasteiger partial charge in [0, 0.05) is 5.56 Å². The van der Waals surface area contributed by atoms with Crippen LogP contribution in [0.2, 0.25) is 0 Å². The summed E-state index contributed by atoms with van der Waals surface area (Å²) < 4.78 is 0. The Bertz CT molecular complexity index is 703. The van der Waals surface area contributed by atoms with Crippen LogP contribution in [-0.2, 0) is 12.8 Å². The lowest BCUT2D eigenvalue weighted by molar-refractivity contribution is 0.389. The van der Waals surface area contributed by atoms with Gasteiger partial charge in [-0.25, -0.2) is 0 Å². The summed E-state index contributed by atoms with van der Waals surface area (Å²) in [5.74, 6) is 1.23. The summed E-state index contributed by atoms with van der Waals surface area (Å²) in [6.07, 6.45) is 3.32. The fraction of sp³-hybridized carbons (Fsp3) is 0.333. The van der Waals surface area contributed by atoms with Crippen LogP contribution in [0.3, 0.4) is 0 Å². The second kappa shape index (κ2) is 4.02. The monoisotopic (exact) mass is 266 g/mol. The van der Waals surface area contributed by atoms with Crippen molar-refractivity contribution in [2.24, 2.45) is 5.92 Å². The molecule has 4 rings (SSSR count). The first-order valence-electron chi connectivity index (χ1n) is 7.32. The van der Waals surface area contributed by atoms with E-state index in [2.05, 4.69) is 25.1 Å². The molecule has 0 spiro atoms. The third-order valence-corrected chi connectivity index (χ3v) is 5.08. The molecule has 1 unspecified atom stereocenters. The average Bonchev–Trinajstić information content (AvgIpc) is 2.46. The fourth-order valence-corrected chi connectivity index (χ4v) is 3.99. The SMILES string of the molecule is CC1CCc2cccc3c2[C@H]1Cc1ccc(O)c(O)c1-3. The van der Waals surface area contributed by atoms with Gasteiger partial charge in [0.2, 0.25) is 0 Å². The lowest BCUT2D eigenvalue weighted by atomic mass is 9.67. The molecule has 0 radical (unpaired) electrons. The van der Waals surface area contributed by atoms with Crippen molar-refractivity contribution in [2.45, 2.75) is 32.1 Å². The van der Waals surface area contributed by atoms with E-state index in [1.54, 1.807) is 6.07 Å². The molecule has 0 fully saturated rings. The van der Waals surface area contributed by atoms with Crippen LogP contribution in [0.1, 0.15) is 36.0 Å². The molecule has 2 aromatic carbocycles. The zero-order chi connectivity index (χ0) is 13.9. The Kier molecular flexibility index (Phi) is 2.38. The van der Waals surface area contributed by atoms with E-state index in [0.717, 1.165) is 29.5 Å². The third-order valence-electron chi connectivity index (χ3n) is 5.08. The minimum absolute atomic E-state index is 0.0244. The number of benzene rings is 2. The molecule has 2 atom stereocenters. The summed E-state index contributed by atoms with van der Waals surface area (Å²) in [5, 5.41) is 20.1. The minimum atomic E-state index is -0.0244. The molecule has 0 heterocycles. The normalized spacial score (nSPS) is 23.1. The van der Waals surface area contributed by atoms with Gasteiger partial charge in [-0.3, -0.25) is 0 Å². The van der Waals surface area contributed by atoms with Crippen molar-refractivity contribution in [3.63, 3.8) is 0 Å². The topological polar surface area (TPSA) is 40.5 Å². The summed E-state index contributed by atoms with van der Waals surface area (Å²) in [5.41, 5.74) is 5.93. The molecule has 0 amide bonds. The molecule has 2 N–H and O–H groups in total. The minimum Gasteiger partial charge on any atom is -0.504 e. The molecular formula is C18H18O2. The zero-order valence-electron chi connectivity index (χ0n) is 11.6. The van der Waals surface area contributed by atoms with Gasteiger partial charge in [0.05, 0.1) is 0 Å². The maximum atomic E-state index is 10.3. The Labute approximate surface area is 118 Å². The lowest BCUT2D eigenvalue weighted by Gasteiger charge is -2.37. The number of aromatic hydroxyl groups is 2. The summed E-state index contributed by atoms with van der Waals surface area (Å²) in [6, 6.07) is 9.93. The molecule has 0 aliphatic heterocycles. The predicted octanol–water partition coefficient (Wildman–Crippen LogP) is 3.99. The van der Waals surface area contributed by atoms with Crippen LogP contribution < -0.4 is 0 Å². The van der Waals surface area contributed by atoms with E-state index >= 15 is 0 Å². The summed E-state index contributed by atoms with van der Waals surface area (Å²) in [4.78, 5) is 0. The highest BCUT2D eigenvalue weighted by molar-refractivity contribution is 5.82. The van der Waals surface area contributed by atoms with Crippen molar-refractivity contribution in [3.8, 4) is 22.6 Å². The van der Waals surface area contributed by atoms with Crippen LogP contribution in [-0.4, -0.2) is 10.2 Å². The Morgan fingerprint density at radius 3 is 2.75 bits per heavy atom. The molecule has 0 saturated carbocycles. The highest BCUT2D eigenvalue weighted by Gasteiger charge is 2.34. The van der Waals surface area contributed by atoms with Crippen molar-refractivity contribution in [3.05, 3.63) is 47.0 Å². The molecule has 0 bridgehead atoms. The molecule has 2 aliphatic carbocycles. The molecule has 0 aromatic heterocycles. The number of fused-ring (bicyclic) bond motifs is 2. The summed E-state index contributed by atoms with van der Waals surface area (Å²) in [6.45, 7) is 2.33. The number of rotatable bonds is 0. The third kappa shape index (κ3) is 1.45. The van der Waals surface area contributed by atoms with Gasteiger partial charge in [0.25, 0.3) is 0 Å². The highest BCUT2D eigenvalue weighted by atomic mass is 16.3. The van der Waals surface area contributed by atoms with Crippen LogP contribution in [0.4, 0.5) is 0 Å². The molecule has 20 heavy (non-hydrogen) atoms. The average molecular weight is 266 g/mol. The van der Waals surface area contributed by atoms with Crippen molar-refractivity contribution < 1.29 is 10.2 Å². The van der Waals surface area contributed by atoms with E-state index in [1.165, 1.54) is 17.5 Å². The van der Waals surface area contributed by atoms with Crippen LogP contribution >= 0.6 is 0 Å². The highest BCUT2D eigenvalue weighted by Crippen LogP contribution is 2.52. The molecule has 0 saturated heterocycles. The standard InChI is InChI=1S/C18H18O2/c1-10-5-6-11-3-2-4-13-16(11)14(10)9-12-7-8-15(19)18(20)17(12)13/h2-4,7-8,10,14,19-20H,5-6,9H2,1H3/t10?,14-/m0/s1. The van der Waals surface area contributed by atoms with Crippen LogP contribution in [0.25, 0.3) is 11.1 Å². The first-order valence-corrected chi connectivity index (χ1v) is 7.32. The van der Waals surface area contributed by atoms with Crippen LogP contribution in [0.15, 0.2) is 30.3 Å². The lowest BCUT2D eigenvalue weighted by Crippen LogP contribution is -2.24. The summed E-state index contributed by atoms with van der Waals surface area (Å²) in [7, 11) is 0. The number of hydrogen-bond donors (Lipinski definition) is 2. The number of aryl methyl sites for hydroxylation is 1. The molecule has 2 aliphatic rings. The molecule has 2 heteroatoms. The number of phenols is 2. The Hall–Kier alpha value is -1.96. The van der Waals surface area contributed by atoms with Gasteiger partial charge < -0.3 is 10.2 Å². The smallest absolute Gasteiger partial charge is 0.165 e. The van der Waals surface area contributed by atoms with E-state index in [0.29, 0.717) is 11.8 Å². The molecule has 102 valence electrons. The van der Waals surface area contributed by atoms with E-state index in [4.69, 9.17) is 0 Å². The Morgan fingerprint density at radius 1 is 1.05 bits per heavy atom. The van der Waals surface area contributed by atoms with Crippen molar-refractivity contribution in [1.82, 2.24) is 0 Å².